The average molecular weight is 795 g/mol. The zero-order valence-corrected chi connectivity index (χ0v) is 34.2. The number of aliphatic hydroxyl groups is 5. The largest absolute Gasteiger partial charge is 0.472 e. The molecule has 0 radical (unpaired) electrons. The summed E-state index contributed by atoms with van der Waals surface area (Å²) >= 11 is 0. The van der Waals surface area contributed by atoms with Gasteiger partial charge in [-0.1, -0.05) is 135 Å². The minimum atomic E-state index is -5.10. The summed E-state index contributed by atoms with van der Waals surface area (Å²) < 4.78 is 33.3. The first-order chi connectivity index (χ1) is 25.9. The summed E-state index contributed by atoms with van der Waals surface area (Å²) in [5.41, 5.74) is 0. The third kappa shape index (κ3) is 24.3. The van der Waals surface area contributed by atoms with Crippen molar-refractivity contribution < 1.29 is 63.1 Å². The van der Waals surface area contributed by atoms with Crippen LogP contribution >= 0.6 is 7.82 Å². The maximum Gasteiger partial charge on any atom is 0.472 e. The monoisotopic (exact) mass is 794 g/mol. The molecule has 54 heavy (non-hydrogen) atoms. The van der Waals surface area contributed by atoms with E-state index in [0.29, 0.717) is 12.8 Å². The van der Waals surface area contributed by atoms with E-state index >= 15 is 0 Å². The van der Waals surface area contributed by atoms with Gasteiger partial charge in [-0.25, -0.2) is 4.57 Å². The van der Waals surface area contributed by atoms with E-state index in [0.717, 1.165) is 64.2 Å². The summed E-state index contributed by atoms with van der Waals surface area (Å²) in [4.78, 5) is 35.5. The van der Waals surface area contributed by atoms with E-state index in [1.807, 2.05) is 0 Å². The lowest BCUT2D eigenvalue weighted by atomic mass is 9.85. The van der Waals surface area contributed by atoms with Crippen LogP contribution in [-0.4, -0.2) is 98.3 Å². The van der Waals surface area contributed by atoms with Crippen molar-refractivity contribution >= 4 is 19.8 Å². The summed E-state index contributed by atoms with van der Waals surface area (Å²) in [5.74, 6) is -1.11. The molecular weight excluding hydrogens is 719 g/mol. The molecule has 0 spiro atoms. The fourth-order valence-electron chi connectivity index (χ4n) is 6.40. The molecule has 0 bridgehead atoms. The topological polar surface area (TPSA) is 210 Å². The molecule has 14 heteroatoms. The van der Waals surface area contributed by atoms with Crippen molar-refractivity contribution in [2.45, 2.75) is 217 Å². The number of esters is 2. The minimum absolute atomic E-state index is 0.0983. The van der Waals surface area contributed by atoms with Crippen molar-refractivity contribution in [2.24, 2.45) is 0 Å². The molecule has 318 valence electrons. The van der Waals surface area contributed by atoms with Gasteiger partial charge in [0.1, 0.15) is 43.2 Å². The highest BCUT2D eigenvalue weighted by atomic mass is 31.2. The molecule has 0 aliphatic heterocycles. The smallest absolute Gasteiger partial charge is 0.462 e. The zero-order chi connectivity index (χ0) is 40.0. The van der Waals surface area contributed by atoms with Gasteiger partial charge < -0.3 is 39.9 Å². The van der Waals surface area contributed by atoms with E-state index in [9.17, 15) is 44.6 Å². The van der Waals surface area contributed by atoms with E-state index in [-0.39, 0.29) is 12.8 Å². The molecule has 1 aliphatic rings. The van der Waals surface area contributed by atoms with Gasteiger partial charge in [0.05, 0.1) is 6.61 Å². The lowest BCUT2D eigenvalue weighted by molar-refractivity contribution is -0.220. The van der Waals surface area contributed by atoms with Crippen LogP contribution in [0.2, 0.25) is 0 Å². The number of rotatable bonds is 34. The molecule has 0 aromatic heterocycles. The SMILES string of the molecule is CCCCCCCCC/C=C\CCCCCCCC(=O)OC[C@H](COP(=O)(O)OC1C(O)C(O)C(O)[C@@H](O)C1O)OC(=O)CCCCCCCCCCC. The van der Waals surface area contributed by atoms with E-state index in [1.165, 1.54) is 70.6 Å². The molecule has 0 aromatic carbocycles. The van der Waals surface area contributed by atoms with Crippen LogP contribution in [0.15, 0.2) is 12.2 Å². The number of carbonyl (C=O) groups is 2. The zero-order valence-electron chi connectivity index (χ0n) is 33.3. The van der Waals surface area contributed by atoms with Crippen molar-refractivity contribution in [3.8, 4) is 0 Å². The van der Waals surface area contributed by atoms with Crippen LogP contribution < -0.4 is 0 Å². The van der Waals surface area contributed by atoms with Crippen LogP contribution in [0, 0.1) is 0 Å². The summed E-state index contributed by atoms with van der Waals surface area (Å²) in [7, 11) is -5.10. The summed E-state index contributed by atoms with van der Waals surface area (Å²) in [6.45, 7) is 3.24. The van der Waals surface area contributed by atoms with Crippen molar-refractivity contribution in [3.63, 3.8) is 0 Å². The molecule has 1 fully saturated rings. The number of phosphoric ester groups is 1. The lowest BCUT2D eigenvalue weighted by Gasteiger charge is -2.41. The number of aliphatic hydroxyl groups excluding tert-OH is 5. The molecule has 1 rings (SSSR count). The van der Waals surface area contributed by atoms with Gasteiger partial charge in [-0.3, -0.25) is 18.6 Å². The Morgan fingerprint density at radius 1 is 0.556 bits per heavy atom. The predicted molar refractivity (Wildman–Crippen MR) is 207 cm³/mol. The second-order valence-corrected chi connectivity index (χ2v) is 16.3. The number of carbonyl (C=O) groups excluding carboxylic acids is 2. The van der Waals surface area contributed by atoms with Crippen LogP contribution in [0.1, 0.15) is 174 Å². The second kappa shape index (κ2) is 31.6. The maximum atomic E-state index is 12.7. The Bertz CT molecular complexity index is 1010. The maximum absolute atomic E-state index is 12.7. The first-order valence-electron chi connectivity index (χ1n) is 21.0. The van der Waals surface area contributed by atoms with Gasteiger partial charge in [0.25, 0.3) is 0 Å². The number of hydrogen-bond acceptors (Lipinski definition) is 12. The molecule has 1 saturated carbocycles. The fraction of sp³-hybridized carbons (Fsp3) is 0.900. The molecule has 8 atom stereocenters. The minimum Gasteiger partial charge on any atom is -0.462 e. The van der Waals surface area contributed by atoms with Crippen LogP contribution in [0.3, 0.4) is 0 Å². The summed E-state index contributed by atoms with van der Waals surface area (Å²) in [5, 5.41) is 49.9. The first kappa shape index (κ1) is 50.6. The van der Waals surface area contributed by atoms with E-state index in [2.05, 4.69) is 26.0 Å². The number of ether oxygens (including phenoxy) is 2. The average Bonchev–Trinajstić information content (AvgIpc) is 3.15. The van der Waals surface area contributed by atoms with E-state index < -0.39 is 75.7 Å². The summed E-state index contributed by atoms with van der Waals surface area (Å²) in [6, 6.07) is 0. The van der Waals surface area contributed by atoms with Crippen molar-refractivity contribution in [1.82, 2.24) is 0 Å². The summed E-state index contributed by atoms with van der Waals surface area (Å²) in [6.07, 6.45) is 17.2. The molecule has 0 amide bonds. The molecule has 1 aliphatic carbocycles. The van der Waals surface area contributed by atoms with Crippen molar-refractivity contribution in [2.75, 3.05) is 13.2 Å². The molecule has 0 saturated heterocycles. The number of allylic oxidation sites excluding steroid dienone is 2. The molecule has 13 nitrogen and oxygen atoms in total. The van der Waals surface area contributed by atoms with Gasteiger partial charge in [0.2, 0.25) is 0 Å². The molecule has 6 N–H and O–H groups in total. The second-order valence-electron chi connectivity index (χ2n) is 14.8. The Morgan fingerprint density at radius 3 is 1.41 bits per heavy atom. The normalized spacial score (nSPS) is 23.3. The van der Waals surface area contributed by atoms with Crippen molar-refractivity contribution in [1.29, 1.82) is 0 Å². The third-order valence-electron chi connectivity index (χ3n) is 9.86. The van der Waals surface area contributed by atoms with Gasteiger partial charge >= 0.3 is 19.8 Å². The molecule has 6 unspecified atom stereocenters. The Morgan fingerprint density at radius 2 is 0.944 bits per heavy atom. The van der Waals surface area contributed by atoms with E-state index in [1.54, 1.807) is 0 Å². The molecular formula is C40H75O13P. The molecule has 0 aromatic rings. The Labute approximate surface area is 324 Å². The lowest BCUT2D eigenvalue weighted by Crippen LogP contribution is -2.64. The number of unbranched alkanes of at least 4 members (excludes halogenated alkanes) is 20. The van der Waals surface area contributed by atoms with E-state index in [4.69, 9.17) is 18.5 Å². The highest BCUT2D eigenvalue weighted by Crippen LogP contribution is 2.47. The third-order valence-corrected chi connectivity index (χ3v) is 10.8. The first-order valence-corrected chi connectivity index (χ1v) is 22.5. The van der Waals surface area contributed by atoms with Crippen molar-refractivity contribution in [3.05, 3.63) is 12.2 Å². The van der Waals surface area contributed by atoms with Gasteiger partial charge in [-0.05, 0) is 38.5 Å². The number of hydrogen-bond donors (Lipinski definition) is 6. The van der Waals surface area contributed by atoms with Crippen LogP contribution in [0.5, 0.6) is 0 Å². The number of phosphoric acid groups is 1. The van der Waals surface area contributed by atoms with Gasteiger partial charge in [-0.15, -0.1) is 0 Å². The van der Waals surface area contributed by atoms with Crippen LogP contribution in [0.4, 0.5) is 0 Å². The van der Waals surface area contributed by atoms with Crippen LogP contribution in [-0.2, 0) is 32.7 Å². The fourth-order valence-corrected chi connectivity index (χ4v) is 7.37. The van der Waals surface area contributed by atoms with Gasteiger partial charge in [0, 0.05) is 12.8 Å². The highest BCUT2D eigenvalue weighted by Gasteiger charge is 2.51. The predicted octanol–water partition coefficient (Wildman–Crippen LogP) is 7.11. The van der Waals surface area contributed by atoms with Gasteiger partial charge in [-0.2, -0.15) is 0 Å². The quantitative estimate of drug-likeness (QED) is 0.0166. The van der Waals surface area contributed by atoms with Crippen LogP contribution in [0.25, 0.3) is 0 Å². The Balaban J connectivity index is 2.47. The Hall–Kier alpha value is -1.41. The molecule has 0 heterocycles. The Kier molecular flexibility index (Phi) is 29.7. The standard InChI is InChI=1S/C40H75O13P/c1-3-5-7-9-11-13-14-15-16-17-18-19-21-22-24-26-28-33(41)50-30-32(52-34(42)29-27-25-23-20-12-10-8-6-4-2)31-51-54(48,49)53-40-38(46)36(44)35(43)37(45)39(40)47/h16-17,32,35-40,43-47H,3-15,18-31H2,1-2H3,(H,48,49)/b17-16-/t32-,35?,36-,37?,38?,39?,40?/m1/s1. The highest BCUT2D eigenvalue weighted by molar-refractivity contribution is 7.47. The van der Waals surface area contributed by atoms with Gasteiger partial charge in [0.15, 0.2) is 6.10 Å².